The molecule has 0 radical (unpaired) electrons. The Hall–Kier alpha value is -1.22. The quantitative estimate of drug-likeness (QED) is 0.534. The molecule has 22 heavy (non-hydrogen) atoms. The number of unbranched alkanes of at least 4 members (excludes halogenated alkanes) is 1. The fourth-order valence-corrected chi connectivity index (χ4v) is 3.62. The number of hydrogen-bond acceptors (Lipinski definition) is 0. The zero-order valence-electron chi connectivity index (χ0n) is 14.5. The van der Waals surface area contributed by atoms with E-state index in [2.05, 4.69) is 50.0 Å². The highest BCUT2D eigenvalue weighted by Crippen LogP contribution is 2.34. The predicted octanol–water partition coefficient (Wildman–Crippen LogP) is 6.38. The van der Waals surface area contributed by atoms with Crippen LogP contribution >= 0.6 is 0 Å². The maximum absolute atomic E-state index is 3.20. The second-order valence-corrected chi connectivity index (χ2v) is 6.92. The third-order valence-electron chi connectivity index (χ3n) is 5.14. The zero-order valence-corrected chi connectivity index (χ0v) is 14.5. The Morgan fingerprint density at radius 3 is 2.14 bits per heavy atom. The lowest BCUT2D eigenvalue weighted by Gasteiger charge is -2.28. The Balaban J connectivity index is 1.70. The number of aryl methyl sites for hydroxylation is 1. The molecule has 0 spiro atoms. The molecule has 1 fully saturated rings. The fourth-order valence-electron chi connectivity index (χ4n) is 3.62. The summed E-state index contributed by atoms with van der Waals surface area (Å²) >= 11 is 0. The molecule has 0 aliphatic heterocycles. The Bertz CT molecular complexity index is 463. The summed E-state index contributed by atoms with van der Waals surface area (Å²) in [6.45, 7) is 4.41. The van der Waals surface area contributed by atoms with Crippen LogP contribution in [0.2, 0.25) is 0 Å². The van der Waals surface area contributed by atoms with Gasteiger partial charge in [0.25, 0.3) is 0 Å². The highest BCUT2D eigenvalue weighted by molar-refractivity contribution is 5.36. The summed E-state index contributed by atoms with van der Waals surface area (Å²) < 4.78 is 0. The third kappa shape index (κ3) is 5.88. The second-order valence-electron chi connectivity index (χ2n) is 6.92. The molecule has 0 bridgehead atoms. The lowest BCUT2D eigenvalue weighted by molar-refractivity contribution is 0.250. The van der Waals surface area contributed by atoms with Gasteiger partial charge in [-0.05, 0) is 42.4 Å². The molecule has 1 aromatic rings. The third-order valence-corrected chi connectivity index (χ3v) is 5.14. The van der Waals surface area contributed by atoms with Gasteiger partial charge in [0.05, 0.1) is 0 Å². The van der Waals surface area contributed by atoms with Crippen molar-refractivity contribution in [3.05, 3.63) is 35.4 Å². The van der Waals surface area contributed by atoms with Crippen LogP contribution in [0.1, 0.15) is 82.8 Å². The summed E-state index contributed by atoms with van der Waals surface area (Å²) in [5.74, 6) is 8.34. The van der Waals surface area contributed by atoms with E-state index in [0.29, 0.717) is 0 Å². The second kappa shape index (κ2) is 9.73. The average Bonchev–Trinajstić information content (AvgIpc) is 2.58. The molecule has 0 unspecified atom stereocenters. The molecule has 0 aromatic heterocycles. The molecule has 2 rings (SSSR count). The first-order chi connectivity index (χ1) is 10.8. The normalized spacial score (nSPS) is 21.2. The lowest BCUT2D eigenvalue weighted by atomic mass is 9.78. The molecule has 120 valence electrons. The van der Waals surface area contributed by atoms with E-state index in [0.717, 1.165) is 23.8 Å². The van der Waals surface area contributed by atoms with Gasteiger partial charge in [0.2, 0.25) is 0 Å². The standard InChI is InChI=1S/C22H32/c1-3-5-7-19-9-13-21(14-10-19)17-18-22-15-11-20(12-16-22)8-6-4-2/h11-12,15-16,19,21H,3-5,7,9-10,13-14,17-18H2,1-2H3. The predicted molar refractivity (Wildman–Crippen MR) is 96.9 cm³/mol. The van der Waals surface area contributed by atoms with Crippen molar-refractivity contribution in [1.82, 2.24) is 0 Å². The minimum Gasteiger partial charge on any atom is -0.0982 e. The highest BCUT2D eigenvalue weighted by Gasteiger charge is 2.20. The van der Waals surface area contributed by atoms with E-state index in [1.807, 2.05) is 0 Å². The smallest absolute Gasteiger partial charge is 0.0245 e. The first kappa shape index (κ1) is 17.1. The number of hydrogen-bond donors (Lipinski definition) is 0. The molecule has 1 aromatic carbocycles. The van der Waals surface area contributed by atoms with Crippen LogP contribution in [0.5, 0.6) is 0 Å². The molecule has 1 saturated carbocycles. The Morgan fingerprint density at radius 1 is 0.909 bits per heavy atom. The van der Waals surface area contributed by atoms with E-state index >= 15 is 0 Å². The van der Waals surface area contributed by atoms with E-state index < -0.39 is 0 Å². The van der Waals surface area contributed by atoms with Crippen molar-refractivity contribution in [2.24, 2.45) is 11.8 Å². The van der Waals surface area contributed by atoms with Gasteiger partial charge in [-0.1, -0.05) is 82.8 Å². The molecule has 0 heteroatoms. The van der Waals surface area contributed by atoms with E-state index in [-0.39, 0.29) is 0 Å². The summed E-state index contributed by atoms with van der Waals surface area (Å²) in [6, 6.07) is 8.90. The molecule has 1 aliphatic carbocycles. The highest BCUT2D eigenvalue weighted by atomic mass is 14.3. The van der Waals surface area contributed by atoms with Crippen molar-refractivity contribution in [2.75, 3.05) is 0 Å². The molecule has 0 N–H and O–H groups in total. The molecular formula is C22H32. The van der Waals surface area contributed by atoms with Crippen LogP contribution in [0.25, 0.3) is 0 Å². The lowest BCUT2D eigenvalue weighted by Crippen LogP contribution is -2.15. The summed E-state index contributed by atoms with van der Waals surface area (Å²) in [6.07, 6.45) is 13.7. The molecule has 0 atom stereocenters. The maximum atomic E-state index is 3.20. The number of benzene rings is 1. The van der Waals surface area contributed by atoms with Crippen molar-refractivity contribution in [3.8, 4) is 11.8 Å². The van der Waals surface area contributed by atoms with Gasteiger partial charge < -0.3 is 0 Å². The summed E-state index contributed by atoms with van der Waals surface area (Å²) in [5, 5.41) is 0. The van der Waals surface area contributed by atoms with Gasteiger partial charge in [-0.3, -0.25) is 0 Å². The van der Waals surface area contributed by atoms with Crippen molar-refractivity contribution >= 4 is 0 Å². The van der Waals surface area contributed by atoms with E-state index in [1.54, 1.807) is 0 Å². The molecule has 0 amide bonds. The average molecular weight is 296 g/mol. The molecule has 0 saturated heterocycles. The summed E-state index contributed by atoms with van der Waals surface area (Å²) in [4.78, 5) is 0. The Labute approximate surface area is 137 Å². The van der Waals surface area contributed by atoms with Crippen LogP contribution in [0, 0.1) is 23.7 Å². The van der Waals surface area contributed by atoms with E-state index in [4.69, 9.17) is 0 Å². The van der Waals surface area contributed by atoms with Crippen LogP contribution in [-0.4, -0.2) is 0 Å². The molecule has 1 aliphatic rings. The van der Waals surface area contributed by atoms with E-state index in [9.17, 15) is 0 Å². The maximum Gasteiger partial charge on any atom is 0.0245 e. The Kier molecular flexibility index (Phi) is 7.58. The van der Waals surface area contributed by atoms with Gasteiger partial charge in [0.15, 0.2) is 0 Å². The van der Waals surface area contributed by atoms with Crippen molar-refractivity contribution in [3.63, 3.8) is 0 Å². The van der Waals surface area contributed by atoms with Gasteiger partial charge in [0, 0.05) is 12.0 Å². The van der Waals surface area contributed by atoms with E-state index in [1.165, 1.54) is 63.4 Å². The topological polar surface area (TPSA) is 0 Å². The largest absolute Gasteiger partial charge is 0.0982 e. The molecular weight excluding hydrogens is 264 g/mol. The molecule has 0 heterocycles. The van der Waals surface area contributed by atoms with Crippen LogP contribution < -0.4 is 0 Å². The monoisotopic (exact) mass is 296 g/mol. The van der Waals surface area contributed by atoms with Crippen LogP contribution in [0.3, 0.4) is 0 Å². The van der Waals surface area contributed by atoms with Crippen molar-refractivity contribution in [1.29, 1.82) is 0 Å². The van der Waals surface area contributed by atoms with Crippen molar-refractivity contribution < 1.29 is 0 Å². The van der Waals surface area contributed by atoms with Crippen molar-refractivity contribution in [2.45, 2.75) is 78.1 Å². The van der Waals surface area contributed by atoms with Crippen LogP contribution in [-0.2, 0) is 6.42 Å². The number of rotatable bonds is 6. The van der Waals surface area contributed by atoms with Gasteiger partial charge in [-0.2, -0.15) is 0 Å². The fraction of sp³-hybridized carbons (Fsp3) is 0.636. The first-order valence-corrected chi connectivity index (χ1v) is 9.39. The zero-order chi connectivity index (χ0) is 15.6. The Morgan fingerprint density at radius 2 is 1.55 bits per heavy atom. The minimum atomic E-state index is 0.933. The van der Waals surface area contributed by atoms with Crippen LogP contribution in [0.4, 0.5) is 0 Å². The van der Waals surface area contributed by atoms with Crippen LogP contribution in [0.15, 0.2) is 24.3 Å². The van der Waals surface area contributed by atoms with Gasteiger partial charge in [-0.15, -0.1) is 0 Å². The summed E-state index contributed by atoms with van der Waals surface area (Å²) in [5.41, 5.74) is 2.64. The van der Waals surface area contributed by atoms with Gasteiger partial charge >= 0.3 is 0 Å². The molecule has 0 nitrogen and oxygen atoms in total. The minimum absolute atomic E-state index is 0.933. The SMILES string of the molecule is CCC#Cc1ccc(CCC2CCC(CCCC)CC2)cc1. The van der Waals surface area contributed by atoms with Gasteiger partial charge in [0.1, 0.15) is 0 Å². The summed E-state index contributed by atoms with van der Waals surface area (Å²) in [7, 11) is 0. The van der Waals surface area contributed by atoms with Gasteiger partial charge in [-0.25, -0.2) is 0 Å². The first-order valence-electron chi connectivity index (χ1n) is 9.39.